The van der Waals surface area contributed by atoms with Crippen LogP contribution in [0.3, 0.4) is 0 Å². The molecule has 1 atom stereocenters. The van der Waals surface area contributed by atoms with Gasteiger partial charge in [-0.3, -0.25) is 14.5 Å². The van der Waals surface area contributed by atoms with Gasteiger partial charge >= 0.3 is 24.3 Å². The molecule has 0 radical (unpaired) electrons. The number of carbonyl (C=O) groups excluding carboxylic acids is 1. The third kappa shape index (κ3) is 6.63. The Hall–Kier alpha value is -3.85. The fourth-order valence-corrected chi connectivity index (χ4v) is 3.79. The van der Waals surface area contributed by atoms with E-state index >= 15 is 0 Å². The van der Waals surface area contributed by atoms with Gasteiger partial charge in [-0.1, -0.05) is 0 Å². The van der Waals surface area contributed by atoms with E-state index < -0.39 is 24.3 Å². The van der Waals surface area contributed by atoms with Crippen LogP contribution in [0.15, 0.2) is 30.6 Å². The maximum Gasteiger partial charge on any atom is 0.490 e. The maximum atomic E-state index is 12.6. The number of hydrogen-bond donors (Lipinski definition) is 2. The standard InChI is InChI=1S/C16H19N5O.2C2HF3O2/c1-19-10-16(14-13(19)4-3-7-17-14)6-9-21(11-16)15(22)12-5-8-20(2)18-12;2*3-2(4,5)1(6)7/h3-5,7-8H,6,9-11H2,1-2H3;2*(H,6,7). The van der Waals surface area contributed by atoms with Crippen LogP contribution in [-0.2, 0) is 22.1 Å². The molecule has 1 fully saturated rings. The highest BCUT2D eigenvalue weighted by Crippen LogP contribution is 2.44. The predicted octanol–water partition coefficient (Wildman–Crippen LogP) is 2.32. The first-order valence-electron chi connectivity index (χ1n) is 10.0. The molecule has 0 aliphatic carbocycles. The van der Waals surface area contributed by atoms with Crippen molar-refractivity contribution in [3.05, 3.63) is 42.0 Å². The van der Waals surface area contributed by atoms with Crippen molar-refractivity contribution in [2.75, 3.05) is 31.6 Å². The molecule has 2 aromatic rings. The zero-order valence-electron chi connectivity index (χ0n) is 18.8. The highest BCUT2D eigenvalue weighted by Gasteiger charge is 2.49. The minimum absolute atomic E-state index is 0.0181. The van der Waals surface area contributed by atoms with Gasteiger partial charge in [0.15, 0.2) is 0 Å². The Balaban J connectivity index is 0.000000271. The molecule has 2 aromatic heterocycles. The molecule has 4 rings (SSSR count). The number of carboxylic acid groups (broad SMARTS) is 2. The van der Waals surface area contributed by atoms with Crippen LogP contribution in [0.2, 0.25) is 0 Å². The topological polar surface area (TPSA) is 129 Å². The summed E-state index contributed by atoms with van der Waals surface area (Å²) in [5, 5.41) is 18.5. The second-order valence-corrected chi connectivity index (χ2v) is 7.96. The molecule has 36 heavy (non-hydrogen) atoms. The quantitative estimate of drug-likeness (QED) is 0.543. The van der Waals surface area contributed by atoms with E-state index in [4.69, 9.17) is 19.8 Å². The summed E-state index contributed by atoms with van der Waals surface area (Å²) in [7, 11) is 3.92. The second-order valence-electron chi connectivity index (χ2n) is 7.96. The van der Waals surface area contributed by atoms with E-state index in [2.05, 4.69) is 28.1 Å². The molecular formula is C20H21F6N5O5. The number of alkyl halides is 6. The average Bonchev–Trinajstić information content (AvgIpc) is 3.46. The summed E-state index contributed by atoms with van der Waals surface area (Å²) in [6.07, 6.45) is -5.55. The molecule has 0 saturated carbocycles. The molecule has 2 N–H and O–H groups in total. The van der Waals surface area contributed by atoms with E-state index in [1.54, 1.807) is 16.9 Å². The van der Waals surface area contributed by atoms with Gasteiger partial charge in [0, 0.05) is 46.1 Å². The minimum atomic E-state index is -5.08. The van der Waals surface area contributed by atoms with Gasteiger partial charge in [-0.15, -0.1) is 0 Å². The zero-order chi connectivity index (χ0) is 27.5. The molecule has 4 heterocycles. The Morgan fingerprint density at radius 2 is 1.53 bits per heavy atom. The number of pyridine rings is 1. The number of aromatic nitrogens is 3. The smallest absolute Gasteiger partial charge is 0.475 e. The van der Waals surface area contributed by atoms with E-state index in [1.165, 1.54) is 5.69 Å². The molecule has 1 amide bonds. The van der Waals surface area contributed by atoms with Gasteiger partial charge in [0.1, 0.15) is 5.69 Å². The van der Waals surface area contributed by atoms with Crippen molar-refractivity contribution in [2.24, 2.45) is 7.05 Å². The summed E-state index contributed by atoms with van der Waals surface area (Å²) in [5.41, 5.74) is 2.81. The first-order chi connectivity index (χ1) is 16.5. The van der Waals surface area contributed by atoms with Gasteiger partial charge in [-0.2, -0.15) is 31.4 Å². The van der Waals surface area contributed by atoms with Crippen LogP contribution >= 0.6 is 0 Å². The predicted molar refractivity (Wildman–Crippen MR) is 110 cm³/mol. The summed E-state index contributed by atoms with van der Waals surface area (Å²) in [4.78, 5) is 39.2. The van der Waals surface area contributed by atoms with E-state index in [0.29, 0.717) is 5.69 Å². The number of likely N-dealkylation sites (N-methyl/N-ethyl adjacent to an activating group) is 1. The molecule has 2 aliphatic heterocycles. The molecule has 10 nitrogen and oxygen atoms in total. The van der Waals surface area contributed by atoms with E-state index in [-0.39, 0.29) is 11.3 Å². The highest BCUT2D eigenvalue weighted by molar-refractivity contribution is 5.92. The van der Waals surface area contributed by atoms with Crippen molar-refractivity contribution >= 4 is 23.5 Å². The summed E-state index contributed by atoms with van der Waals surface area (Å²) in [6.45, 7) is 2.40. The number of aliphatic carboxylic acids is 2. The first kappa shape index (κ1) is 28.4. The summed E-state index contributed by atoms with van der Waals surface area (Å²) in [6, 6.07) is 5.86. The SMILES string of the molecule is CN1CC2(CCN(C(=O)c3ccn(C)n3)C2)c2ncccc21.O=C(O)C(F)(F)F.O=C(O)C(F)(F)F. The van der Waals surface area contributed by atoms with Crippen molar-refractivity contribution in [3.63, 3.8) is 0 Å². The van der Waals surface area contributed by atoms with E-state index in [9.17, 15) is 31.1 Å². The third-order valence-corrected chi connectivity index (χ3v) is 5.30. The molecule has 198 valence electrons. The molecule has 2 aliphatic rings. The van der Waals surface area contributed by atoms with Gasteiger partial charge in [0.25, 0.3) is 5.91 Å². The highest BCUT2D eigenvalue weighted by atomic mass is 19.4. The maximum absolute atomic E-state index is 12.6. The number of rotatable bonds is 1. The van der Waals surface area contributed by atoms with Crippen molar-refractivity contribution in [1.29, 1.82) is 0 Å². The number of anilines is 1. The molecule has 1 spiro atoms. The van der Waals surface area contributed by atoms with Crippen molar-refractivity contribution in [2.45, 2.75) is 24.2 Å². The van der Waals surface area contributed by atoms with Crippen molar-refractivity contribution in [3.8, 4) is 0 Å². The van der Waals surface area contributed by atoms with Gasteiger partial charge in [-0.05, 0) is 24.6 Å². The fourth-order valence-electron chi connectivity index (χ4n) is 3.79. The normalized spacial score (nSPS) is 18.7. The lowest BCUT2D eigenvalue weighted by Crippen LogP contribution is -2.37. The van der Waals surface area contributed by atoms with Crippen LogP contribution in [0.1, 0.15) is 22.6 Å². The van der Waals surface area contributed by atoms with Gasteiger partial charge < -0.3 is 20.0 Å². The van der Waals surface area contributed by atoms with Gasteiger partial charge in [0.2, 0.25) is 0 Å². The van der Waals surface area contributed by atoms with E-state index in [1.807, 2.05) is 24.2 Å². The minimum Gasteiger partial charge on any atom is -0.475 e. The Morgan fingerprint density at radius 3 is 2.00 bits per heavy atom. The second kappa shape index (κ2) is 10.4. The first-order valence-corrected chi connectivity index (χ1v) is 10.0. The van der Waals surface area contributed by atoms with Crippen LogP contribution in [0, 0.1) is 0 Å². The number of nitrogens with zero attached hydrogens (tertiary/aromatic N) is 5. The van der Waals surface area contributed by atoms with Crippen LogP contribution in [0.5, 0.6) is 0 Å². The molecule has 0 aromatic carbocycles. The van der Waals surface area contributed by atoms with Gasteiger partial charge in [0.05, 0.1) is 16.8 Å². The number of likely N-dealkylation sites (tertiary alicyclic amines) is 1. The largest absolute Gasteiger partial charge is 0.490 e. The molecule has 1 saturated heterocycles. The lowest BCUT2D eigenvalue weighted by molar-refractivity contribution is -0.193. The van der Waals surface area contributed by atoms with Crippen LogP contribution in [0.4, 0.5) is 32.0 Å². The number of hydrogen-bond acceptors (Lipinski definition) is 6. The monoisotopic (exact) mass is 525 g/mol. The number of halogens is 6. The lowest BCUT2D eigenvalue weighted by atomic mass is 9.85. The number of carboxylic acids is 2. The lowest BCUT2D eigenvalue weighted by Gasteiger charge is -2.24. The van der Waals surface area contributed by atoms with Crippen molar-refractivity contribution < 1.29 is 50.9 Å². The molecule has 1 unspecified atom stereocenters. The Labute approximate surface area is 199 Å². The number of fused-ring (bicyclic) bond motifs is 2. The molecular weight excluding hydrogens is 504 g/mol. The fraction of sp³-hybridized carbons (Fsp3) is 0.450. The Kier molecular flexibility index (Phi) is 8.21. The Bertz CT molecular complexity index is 1090. The summed E-state index contributed by atoms with van der Waals surface area (Å²) in [5.74, 6) is -5.50. The average molecular weight is 525 g/mol. The summed E-state index contributed by atoms with van der Waals surface area (Å²) < 4.78 is 65.1. The van der Waals surface area contributed by atoms with Gasteiger partial charge in [-0.25, -0.2) is 9.59 Å². The van der Waals surface area contributed by atoms with Crippen LogP contribution < -0.4 is 4.90 Å². The zero-order valence-corrected chi connectivity index (χ0v) is 18.8. The number of aryl methyl sites for hydroxylation is 1. The molecule has 16 heteroatoms. The summed E-state index contributed by atoms with van der Waals surface area (Å²) >= 11 is 0. The third-order valence-electron chi connectivity index (χ3n) is 5.30. The van der Waals surface area contributed by atoms with Crippen LogP contribution in [0.25, 0.3) is 0 Å². The number of amides is 1. The van der Waals surface area contributed by atoms with Crippen molar-refractivity contribution in [1.82, 2.24) is 19.7 Å². The van der Waals surface area contributed by atoms with E-state index in [0.717, 1.165) is 31.7 Å². The number of carbonyl (C=O) groups is 3. The van der Waals surface area contributed by atoms with Crippen LogP contribution in [-0.4, -0.2) is 86.8 Å². The Morgan fingerprint density at radius 1 is 0.972 bits per heavy atom. The molecule has 0 bridgehead atoms.